The number of amides is 2. The Balaban J connectivity index is 1.52. The number of morpholine rings is 1. The largest absolute Gasteiger partial charge is 0.487 e. The fourth-order valence-corrected chi connectivity index (χ4v) is 4.08. The van der Waals surface area contributed by atoms with Crippen LogP contribution in [0.3, 0.4) is 0 Å². The summed E-state index contributed by atoms with van der Waals surface area (Å²) >= 11 is 0. The molecule has 2 N–H and O–H groups in total. The lowest BCUT2D eigenvalue weighted by Crippen LogP contribution is -2.36. The van der Waals surface area contributed by atoms with Crippen LogP contribution in [-0.2, 0) is 11.3 Å². The maximum absolute atomic E-state index is 13.0. The summed E-state index contributed by atoms with van der Waals surface area (Å²) in [6.45, 7) is 7.70. The van der Waals surface area contributed by atoms with Gasteiger partial charge in [0.1, 0.15) is 12.4 Å². The summed E-state index contributed by atoms with van der Waals surface area (Å²) in [5.74, 6) is 0.884. The normalized spacial score (nSPS) is 14.5. The summed E-state index contributed by atoms with van der Waals surface area (Å²) < 4.78 is 11.7. The number of rotatable bonds is 8. The Labute approximate surface area is 201 Å². The van der Waals surface area contributed by atoms with Crippen LogP contribution in [0.2, 0.25) is 0 Å². The maximum atomic E-state index is 13.0. The van der Waals surface area contributed by atoms with Crippen LogP contribution in [0.4, 0.5) is 16.2 Å². The molecule has 2 amide bonds. The Kier molecular flexibility index (Phi) is 8.04. The maximum Gasteiger partial charge on any atom is 0.319 e. The second-order valence-corrected chi connectivity index (χ2v) is 8.78. The van der Waals surface area contributed by atoms with Crippen molar-refractivity contribution >= 4 is 17.4 Å². The molecule has 4 rings (SSSR count). The van der Waals surface area contributed by atoms with E-state index in [2.05, 4.69) is 29.4 Å². The van der Waals surface area contributed by atoms with E-state index in [0.717, 1.165) is 29.9 Å². The molecule has 1 heterocycles. The standard InChI is InChI=1S/C28H33N3O3/c1-21(2)27(23-11-7-4-8-12-23)30-28(32)29-25-14-13-24(31-15-17-33-18-16-31)19-26(25)34-20-22-9-5-3-6-10-22/h3-14,19,21,27H,15-18,20H2,1-2H3,(H2,29,30,32). The first-order valence-electron chi connectivity index (χ1n) is 11.9. The summed E-state index contributed by atoms with van der Waals surface area (Å²) in [7, 11) is 0. The Morgan fingerprint density at radius 2 is 1.65 bits per heavy atom. The summed E-state index contributed by atoms with van der Waals surface area (Å²) in [4.78, 5) is 15.3. The second kappa shape index (κ2) is 11.6. The Bertz CT molecular complexity index is 1050. The molecule has 6 heteroatoms. The van der Waals surface area contributed by atoms with Gasteiger partial charge in [0.05, 0.1) is 24.9 Å². The van der Waals surface area contributed by atoms with Crippen molar-refractivity contribution in [1.82, 2.24) is 5.32 Å². The zero-order valence-electron chi connectivity index (χ0n) is 19.9. The van der Waals surface area contributed by atoms with E-state index in [1.165, 1.54) is 0 Å². The number of benzene rings is 3. The van der Waals surface area contributed by atoms with Crippen molar-refractivity contribution < 1.29 is 14.3 Å². The van der Waals surface area contributed by atoms with Crippen LogP contribution in [0, 0.1) is 5.92 Å². The predicted molar refractivity (Wildman–Crippen MR) is 136 cm³/mol. The topological polar surface area (TPSA) is 62.8 Å². The molecule has 3 aromatic carbocycles. The first-order chi connectivity index (χ1) is 16.6. The average molecular weight is 460 g/mol. The molecule has 178 valence electrons. The lowest BCUT2D eigenvalue weighted by Gasteiger charge is -2.29. The lowest BCUT2D eigenvalue weighted by atomic mass is 9.96. The number of anilines is 2. The molecule has 1 aliphatic heterocycles. The Hall–Kier alpha value is -3.51. The van der Waals surface area contributed by atoms with Crippen molar-refractivity contribution in [3.8, 4) is 5.75 Å². The smallest absolute Gasteiger partial charge is 0.319 e. The number of hydrogen-bond donors (Lipinski definition) is 2. The number of nitrogens with one attached hydrogen (secondary N) is 2. The van der Waals surface area contributed by atoms with Gasteiger partial charge in [-0.25, -0.2) is 4.79 Å². The molecule has 0 aliphatic carbocycles. The molecule has 1 unspecified atom stereocenters. The third kappa shape index (κ3) is 6.29. The van der Waals surface area contributed by atoms with Gasteiger partial charge in [-0.15, -0.1) is 0 Å². The number of hydrogen-bond acceptors (Lipinski definition) is 4. The highest BCUT2D eigenvalue weighted by atomic mass is 16.5. The van der Waals surface area contributed by atoms with Crippen molar-refractivity contribution in [3.63, 3.8) is 0 Å². The van der Waals surface area contributed by atoms with Crippen LogP contribution in [-0.4, -0.2) is 32.3 Å². The van der Waals surface area contributed by atoms with Gasteiger partial charge in [-0.1, -0.05) is 74.5 Å². The van der Waals surface area contributed by atoms with Gasteiger partial charge in [0.25, 0.3) is 0 Å². The molecular weight excluding hydrogens is 426 g/mol. The number of nitrogens with zero attached hydrogens (tertiary/aromatic N) is 1. The first kappa shape index (κ1) is 23.6. The van der Waals surface area contributed by atoms with Crippen molar-refractivity contribution in [2.24, 2.45) is 5.92 Å². The highest BCUT2D eigenvalue weighted by molar-refractivity contribution is 5.91. The van der Waals surface area contributed by atoms with Gasteiger partial charge in [0.2, 0.25) is 0 Å². The molecule has 0 radical (unpaired) electrons. The van der Waals surface area contributed by atoms with Crippen molar-refractivity contribution in [2.75, 3.05) is 36.5 Å². The number of carbonyl (C=O) groups excluding carboxylic acids is 1. The van der Waals surface area contributed by atoms with E-state index in [-0.39, 0.29) is 18.0 Å². The Morgan fingerprint density at radius 1 is 0.971 bits per heavy atom. The van der Waals surface area contributed by atoms with E-state index in [4.69, 9.17) is 9.47 Å². The van der Waals surface area contributed by atoms with Gasteiger partial charge in [0, 0.05) is 24.8 Å². The number of ether oxygens (including phenoxy) is 2. The highest BCUT2D eigenvalue weighted by Gasteiger charge is 2.20. The molecule has 0 aromatic heterocycles. The second-order valence-electron chi connectivity index (χ2n) is 8.78. The van der Waals surface area contributed by atoms with Gasteiger partial charge in [-0.3, -0.25) is 0 Å². The van der Waals surface area contributed by atoms with Gasteiger partial charge in [-0.2, -0.15) is 0 Å². The molecule has 1 fully saturated rings. The van der Waals surface area contributed by atoms with E-state index in [0.29, 0.717) is 31.3 Å². The number of carbonyl (C=O) groups is 1. The number of urea groups is 1. The molecule has 34 heavy (non-hydrogen) atoms. The zero-order chi connectivity index (χ0) is 23.8. The van der Waals surface area contributed by atoms with Crippen molar-refractivity contribution in [3.05, 3.63) is 90.0 Å². The molecule has 1 aliphatic rings. The molecule has 1 saturated heterocycles. The van der Waals surface area contributed by atoms with Crippen LogP contribution >= 0.6 is 0 Å². The zero-order valence-corrected chi connectivity index (χ0v) is 19.9. The summed E-state index contributed by atoms with van der Waals surface area (Å²) in [6, 6.07) is 25.6. The van der Waals surface area contributed by atoms with Crippen LogP contribution in [0.5, 0.6) is 5.75 Å². The van der Waals surface area contributed by atoms with Gasteiger partial charge < -0.3 is 25.0 Å². The minimum absolute atomic E-state index is 0.0949. The van der Waals surface area contributed by atoms with Crippen molar-refractivity contribution in [2.45, 2.75) is 26.5 Å². The van der Waals surface area contributed by atoms with E-state index in [9.17, 15) is 4.79 Å². The predicted octanol–water partition coefficient (Wildman–Crippen LogP) is 5.62. The lowest BCUT2D eigenvalue weighted by molar-refractivity contribution is 0.122. The molecule has 1 atom stereocenters. The van der Waals surface area contributed by atoms with Gasteiger partial charge in [0.15, 0.2) is 0 Å². The van der Waals surface area contributed by atoms with Crippen LogP contribution < -0.4 is 20.3 Å². The quantitative estimate of drug-likeness (QED) is 0.459. The molecular formula is C28H33N3O3. The molecule has 6 nitrogen and oxygen atoms in total. The van der Waals surface area contributed by atoms with Crippen LogP contribution in [0.1, 0.15) is 31.0 Å². The van der Waals surface area contributed by atoms with E-state index < -0.39 is 0 Å². The van der Waals surface area contributed by atoms with Crippen LogP contribution in [0.25, 0.3) is 0 Å². The van der Waals surface area contributed by atoms with E-state index in [1.807, 2.05) is 78.9 Å². The minimum atomic E-state index is -0.258. The first-order valence-corrected chi connectivity index (χ1v) is 11.9. The molecule has 0 spiro atoms. The average Bonchev–Trinajstić information content (AvgIpc) is 2.88. The third-order valence-electron chi connectivity index (χ3n) is 5.94. The Morgan fingerprint density at radius 3 is 2.32 bits per heavy atom. The minimum Gasteiger partial charge on any atom is -0.487 e. The molecule has 0 saturated carbocycles. The third-order valence-corrected chi connectivity index (χ3v) is 5.94. The van der Waals surface area contributed by atoms with Gasteiger partial charge >= 0.3 is 6.03 Å². The summed E-state index contributed by atoms with van der Waals surface area (Å²) in [5, 5.41) is 6.14. The highest BCUT2D eigenvalue weighted by Crippen LogP contribution is 2.32. The summed E-state index contributed by atoms with van der Waals surface area (Å²) in [6.07, 6.45) is 0. The fraction of sp³-hybridized carbons (Fsp3) is 0.321. The molecule has 3 aromatic rings. The van der Waals surface area contributed by atoms with E-state index >= 15 is 0 Å². The molecule has 0 bridgehead atoms. The van der Waals surface area contributed by atoms with Crippen molar-refractivity contribution in [1.29, 1.82) is 0 Å². The van der Waals surface area contributed by atoms with E-state index in [1.54, 1.807) is 0 Å². The van der Waals surface area contributed by atoms with Gasteiger partial charge in [-0.05, 0) is 29.2 Å². The monoisotopic (exact) mass is 459 g/mol. The fourth-order valence-electron chi connectivity index (χ4n) is 4.08. The SMILES string of the molecule is CC(C)C(NC(=O)Nc1ccc(N2CCOCC2)cc1OCc1ccccc1)c1ccccc1. The summed E-state index contributed by atoms with van der Waals surface area (Å²) in [5.41, 5.74) is 3.84. The van der Waals surface area contributed by atoms with Crippen LogP contribution in [0.15, 0.2) is 78.9 Å².